The molecule has 4 heteroatoms. The van der Waals surface area contributed by atoms with Crippen LogP contribution in [0.15, 0.2) is 12.4 Å². The topological polar surface area (TPSA) is 27.1 Å². The van der Waals surface area contributed by atoms with Gasteiger partial charge in [-0.05, 0) is 19.3 Å². The smallest absolute Gasteiger partial charge is 0.150 e. The molecule has 1 aliphatic rings. The van der Waals surface area contributed by atoms with Gasteiger partial charge in [0.25, 0.3) is 0 Å². The van der Waals surface area contributed by atoms with Crippen molar-refractivity contribution in [3.63, 3.8) is 0 Å². The number of hydrogen-bond donors (Lipinski definition) is 0. The molecule has 1 aromatic rings. The Morgan fingerprint density at radius 1 is 1.56 bits per heavy atom. The molecule has 0 saturated carbocycles. The number of alkyl halides is 1. The molecule has 1 saturated heterocycles. The van der Waals surface area contributed by atoms with Crippen molar-refractivity contribution in [3.05, 3.63) is 18.0 Å². The van der Waals surface area contributed by atoms with Crippen molar-refractivity contribution in [2.24, 2.45) is 0 Å². The van der Waals surface area contributed by atoms with Gasteiger partial charge < -0.3 is 4.74 Å². The van der Waals surface area contributed by atoms with Crippen LogP contribution in [0.25, 0.3) is 0 Å². The molecule has 0 bridgehead atoms. The zero-order valence-electron chi connectivity index (χ0n) is 9.16. The van der Waals surface area contributed by atoms with Gasteiger partial charge in [0.05, 0.1) is 11.8 Å². The Morgan fingerprint density at radius 2 is 2.50 bits per heavy atom. The second-order valence-electron chi connectivity index (χ2n) is 3.77. The van der Waals surface area contributed by atoms with E-state index in [2.05, 4.69) is 32.9 Å². The first-order valence-electron chi connectivity index (χ1n) is 5.61. The van der Waals surface area contributed by atoms with Gasteiger partial charge in [-0.3, -0.25) is 0 Å². The molecule has 1 fully saturated rings. The summed E-state index contributed by atoms with van der Waals surface area (Å²) in [5, 5.41) is 5.21. The van der Waals surface area contributed by atoms with Crippen LogP contribution in [0.5, 0.6) is 0 Å². The van der Waals surface area contributed by atoms with Gasteiger partial charge in [-0.15, -0.1) is 0 Å². The highest BCUT2D eigenvalue weighted by Gasteiger charge is 2.15. The highest BCUT2D eigenvalue weighted by atomic mass is 79.9. The largest absolute Gasteiger partial charge is 0.357 e. The van der Waals surface area contributed by atoms with Crippen LogP contribution in [0, 0.1) is 11.8 Å². The molecule has 3 nitrogen and oxygen atoms in total. The van der Waals surface area contributed by atoms with E-state index >= 15 is 0 Å². The van der Waals surface area contributed by atoms with Crippen LogP contribution in [0.1, 0.15) is 37.5 Å². The molecular formula is C12H15BrN2O. The van der Waals surface area contributed by atoms with Gasteiger partial charge in [0.2, 0.25) is 0 Å². The van der Waals surface area contributed by atoms with E-state index in [1.54, 1.807) is 6.20 Å². The normalized spacial score (nSPS) is 20.2. The molecule has 0 N–H and O–H groups in total. The molecule has 2 rings (SSSR count). The Hall–Kier alpha value is -0.790. The third kappa shape index (κ3) is 3.10. The van der Waals surface area contributed by atoms with E-state index in [-0.39, 0.29) is 6.23 Å². The van der Waals surface area contributed by atoms with Crippen molar-refractivity contribution in [1.82, 2.24) is 9.78 Å². The zero-order valence-corrected chi connectivity index (χ0v) is 10.7. The SMILES string of the molecule is BrCCC#Cc1cnn([C@@H]2CCCCO2)c1. The van der Waals surface area contributed by atoms with Gasteiger partial charge in [-0.2, -0.15) is 5.10 Å². The molecular weight excluding hydrogens is 268 g/mol. The molecule has 1 atom stereocenters. The first-order chi connectivity index (χ1) is 7.90. The summed E-state index contributed by atoms with van der Waals surface area (Å²) in [7, 11) is 0. The molecule has 1 aromatic heterocycles. The summed E-state index contributed by atoms with van der Waals surface area (Å²) in [6.07, 6.45) is 8.18. The maximum absolute atomic E-state index is 5.65. The van der Waals surface area contributed by atoms with Crippen molar-refractivity contribution in [3.8, 4) is 11.8 Å². The first-order valence-corrected chi connectivity index (χ1v) is 6.73. The standard InChI is InChI=1S/C12H15BrN2O/c13-7-3-1-5-11-9-14-15(10-11)12-6-2-4-8-16-12/h9-10,12H,2-4,6-8H2/t12-/m0/s1. The molecule has 1 aliphatic heterocycles. The fourth-order valence-corrected chi connectivity index (χ4v) is 1.90. The highest BCUT2D eigenvalue weighted by molar-refractivity contribution is 9.09. The lowest BCUT2D eigenvalue weighted by Crippen LogP contribution is -2.18. The van der Waals surface area contributed by atoms with E-state index in [0.717, 1.165) is 36.8 Å². The predicted octanol–water partition coefficient (Wildman–Crippen LogP) is 2.72. The quantitative estimate of drug-likeness (QED) is 0.616. The van der Waals surface area contributed by atoms with Crippen LogP contribution in [-0.4, -0.2) is 21.7 Å². The molecule has 0 unspecified atom stereocenters. The van der Waals surface area contributed by atoms with Crippen LogP contribution in [0.4, 0.5) is 0 Å². The summed E-state index contributed by atoms with van der Waals surface area (Å²) in [5.74, 6) is 6.16. The van der Waals surface area contributed by atoms with Crippen molar-refractivity contribution < 1.29 is 4.74 Å². The fourth-order valence-electron chi connectivity index (χ4n) is 1.70. The minimum Gasteiger partial charge on any atom is -0.357 e. The molecule has 86 valence electrons. The van der Waals surface area contributed by atoms with Crippen molar-refractivity contribution in [1.29, 1.82) is 0 Å². The lowest BCUT2D eigenvalue weighted by molar-refractivity contribution is -0.0395. The minimum absolute atomic E-state index is 0.112. The minimum atomic E-state index is 0.112. The van der Waals surface area contributed by atoms with E-state index in [1.165, 1.54) is 6.42 Å². The van der Waals surface area contributed by atoms with Crippen molar-refractivity contribution >= 4 is 15.9 Å². The van der Waals surface area contributed by atoms with Gasteiger partial charge in [-0.1, -0.05) is 27.8 Å². The molecule has 0 spiro atoms. The van der Waals surface area contributed by atoms with Crippen LogP contribution < -0.4 is 0 Å². The fraction of sp³-hybridized carbons (Fsp3) is 0.583. The average Bonchev–Trinajstić information content (AvgIpc) is 2.79. The average molecular weight is 283 g/mol. The second-order valence-corrected chi connectivity index (χ2v) is 4.56. The van der Waals surface area contributed by atoms with E-state index in [1.807, 2.05) is 10.9 Å². The van der Waals surface area contributed by atoms with Crippen LogP contribution >= 0.6 is 15.9 Å². The Kier molecular flexibility index (Phi) is 4.44. The van der Waals surface area contributed by atoms with Crippen LogP contribution in [-0.2, 0) is 4.74 Å². The number of rotatable bonds is 2. The molecule has 0 radical (unpaired) electrons. The lowest BCUT2D eigenvalue weighted by atomic mass is 10.2. The summed E-state index contributed by atoms with van der Waals surface area (Å²) in [6.45, 7) is 0.842. The lowest BCUT2D eigenvalue weighted by Gasteiger charge is -2.22. The van der Waals surface area contributed by atoms with Crippen LogP contribution in [0.2, 0.25) is 0 Å². The summed E-state index contributed by atoms with van der Waals surface area (Å²) in [4.78, 5) is 0. The second kappa shape index (κ2) is 6.07. The number of aromatic nitrogens is 2. The zero-order chi connectivity index (χ0) is 11.2. The van der Waals surface area contributed by atoms with Crippen molar-refractivity contribution in [2.45, 2.75) is 31.9 Å². The monoisotopic (exact) mass is 282 g/mol. The highest BCUT2D eigenvalue weighted by Crippen LogP contribution is 2.21. The Morgan fingerprint density at radius 3 is 3.25 bits per heavy atom. The van der Waals surface area contributed by atoms with E-state index in [0.29, 0.717) is 0 Å². The maximum Gasteiger partial charge on any atom is 0.150 e. The van der Waals surface area contributed by atoms with Gasteiger partial charge in [0.1, 0.15) is 6.23 Å². The van der Waals surface area contributed by atoms with E-state index in [9.17, 15) is 0 Å². The van der Waals surface area contributed by atoms with Crippen LogP contribution in [0.3, 0.4) is 0 Å². The number of ether oxygens (including phenoxy) is 1. The number of halogens is 1. The summed E-state index contributed by atoms with van der Waals surface area (Å²) in [6, 6.07) is 0. The summed E-state index contributed by atoms with van der Waals surface area (Å²) in [5.41, 5.74) is 0.968. The summed E-state index contributed by atoms with van der Waals surface area (Å²) >= 11 is 3.35. The van der Waals surface area contributed by atoms with Crippen molar-refractivity contribution in [2.75, 3.05) is 11.9 Å². The molecule has 16 heavy (non-hydrogen) atoms. The third-order valence-corrected chi connectivity index (χ3v) is 2.90. The third-order valence-electron chi connectivity index (χ3n) is 2.50. The molecule has 0 amide bonds. The number of nitrogens with zero attached hydrogens (tertiary/aromatic N) is 2. The Balaban J connectivity index is 1.99. The van der Waals surface area contributed by atoms with Gasteiger partial charge in [0, 0.05) is 24.6 Å². The molecule has 2 heterocycles. The van der Waals surface area contributed by atoms with Gasteiger partial charge in [0.15, 0.2) is 0 Å². The maximum atomic E-state index is 5.65. The molecule has 0 aromatic carbocycles. The predicted molar refractivity (Wildman–Crippen MR) is 66.4 cm³/mol. The van der Waals surface area contributed by atoms with E-state index in [4.69, 9.17) is 4.74 Å². The number of hydrogen-bond acceptors (Lipinski definition) is 2. The Bertz CT molecular complexity index is 385. The summed E-state index contributed by atoms with van der Waals surface area (Å²) < 4.78 is 7.53. The first kappa shape index (κ1) is 11.7. The van der Waals surface area contributed by atoms with E-state index < -0.39 is 0 Å². The van der Waals surface area contributed by atoms with Gasteiger partial charge in [-0.25, -0.2) is 4.68 Å². The Labute approximate surface area is 104 Å². The molecule has 0 aliphatic carbocycles. The van der Waals surface area contributed by atoms with Gasteiger partial charge >= 0.3 is 0 Å².